The van der Waals surface area contributed by atoms with Crippen molar-refractivity contribution in [3.05, 3.63) is 78.0 Å². The molecule has 7 heteroatoms. The van der Waals surface area contributed by atoms with E-state index in [0.29, 0.717) is 17.1 Å². The Morgan fingerprint density at radius 3 is 2.40 bits per heavy atom. The van der Waals surface area contributed by atoms with E-state index in [1.54, 1.807) is 30.3 Å². The molecule has 0 aliphatic carbocycles. The summed E-state index contributed by atoms with van der Waals surface area (Å²) < 4.78 is 0. The van der Waals surface area contributed by atoms with E-state index in [-0.39, 0.29) is 17.5 Å². The first kappa shape index (κ1) is 16.3. The number of aromatic nitrogens is 3. The minimum atomic E-state index is -0.376. The molecule has 0 bridgehead atoms. The summed E-state index contributed by atoms with van der Waals surface area (Å²) >= 11 is 0. The highest BCUT2D eigenvalue weighted by Crippen LogP contribution is 2.18. The van der Waals surface area contributed by atoms with Crippen molar-refractivity contribution >= 4 is 23.3 Å². The average molecular weight is 333 g/mol. The Balaban J connectivity index is 1.71. The molecule has 0 aliphatic rings. The summed E-state index contributed by atoms with van der Waals surface area (Å²) in [6.45, 7) is 1.81. The second kappa shape index (κ2) is 7.31. The van der Waals surface area contributed by atoms with E-state index in [9.17, 15) is 9.59 Å². The maximum Gasteiger partial charge on any atom is 0.275 e. The van der Waals surface area contributed by atoms with Crippen LogP contribution in [0.3, 0.4) is 0 Å². The molecule has 124 valence electrons. The van der Waals surface area contributed by atoms with Gasteiger partial charge in [-0.15, -0.1) is 0 Å². The van der Waals surface area contributed by atoms with Gasteiger partial charge in [-0.1, -0.05) is 18.2 Å². The lowest BCUT2D eigenvalue weighted by molar-refractivity contribution is 0.101. The molecule has 0 saturated heterocycles. The normalized spacial score (nSPS) is 10.1. The van der Waals surface area contributed by atoms with Gasteiger partial charge in [0.05, 0.1) is 18.1 Å². The number of nitrogens with zero attached hydrogens (tertiary/aromatic N) is 3. The third-order valence-electron chi connectivity index (χ3n) is 3.43. The predicted molar refractivity (Wildman–Crippen MR) is 93.4 cm³/mol. The molecule has 2 heterocycles. The highest BCUT2D eigenvalue weighted by Gasteiger charge is 2.11. The third-order valence-corrected chi connectivity index (χ3v) is 3.43. The summed E-state index contributed by atoms with van der Waals surface area (Å²) in [5.41, 5.74) is 2.05. The van der Waals surface area contributed by atoms with Gasteiger partial charge in [-0.3, -0.25) is 14.6 Å². The predicted octanol–water partition coefficient (Wildman–Crippen LogP) is 2.68. The van der Waals surface area contributed by atoms with Gasteiger partial charge in [0.1, 0.15) is 11.5 Å². The van der Waals surface area contributed by atoms with Gasteiger partial charge in [0, 0.05) is 18.0 Å². The number of hydrogen-bond donors (Lipinski definition) is 2. The fraction of sp³-hybridized carbons (Fsp3) is 0.0556. The van der Waals surface area contributed by atoms with E-state index in [4.69, 9.17) is 0 Å². The van der Waals surface area contributed by atoms with Crippen LogP contribution in [0.15, 0.2) is 61.2 Å². The molecule has 3 rings (SSSR count). The van der Waals surface area contributed by atoms with E-state index in [1.165, 1.54) is 24.8 Å². The lowest BCUT2D eigenvalue weighted by Crippen LogP contribution is -2.16. The summed E-state index contributed by atoms with van der Waals surface area (Å²) in [5.74, 6) is -0.216. The molecule has 0 radical (unpaired) electrons. The topological polar surface area (TPSA) is 96.9 Å². The Bertz CT molecular complexity index is 898. The van der Waals surface area contributed by atoms with Crippen LogP contribution < -0.4 is 10.6 Å². The molecule has 25 heavy (non-hydrogen) atoms. The van der Waals surface area contributed by atoms with Crippen molar-refractivity contribution in [2.45, 2.75) is 6.92 Å². The standard InChI is InChI=1S/C18H15N5O2/c1-12-9-16(23-17(24)13-5-3-2-4-6-13)21-11-14(12)22-18(25)15-10-19-7-8-20-15/h2-11H,1H3,(H,22,25)(H,21,23,24). The Morgan fingerprint density at radius 1 is 0.920 bits per heavy atom. The van der Waals surface area contributed by atoms with Gasteiger partial charge in [-0.2, -0.15) is 0 Å². The maximum absolute atomic E-state index is 12.1. The first-order valence-electron chi connectivity index (χ1n) is 7.54. The molecule has 1 aromatic carbocycles. The van der Waals surface area contributed by atoms with Crippen molar-refractivity contribution in [1.29, 1.82) is 0 Å². The van der Waals surface area contributed by atoms with Crippen LogP contribution in [-0.4, -0.2) is 26.8 Å². The number of aryl methyl sites for hydroxylation is 1. The smallest absolute Gasteiger partial charge is 0.275 e. The zero-order chi connectivity index (χ0) is 17.6. The number of carbonyl (C=O) groups excluding carboxylic acids is 2. The number of benzene rings is 1. The third kappa shape index (κ3) is 4.03. The van der Waals surface area contributed by atoms with Crippen molar-refractivity contribution < 1.29 is 9.59 Å². The van der Waals surface area contributed by atoms with Gasteiger partial charge in [0.15, 0.2) is 0 Å². The molecule has 3 aromatic rings. The Morgan fingerprint density at radius 2 is 1.72 bits per heavy atom. The minimum absolute atomic E-state index is 0.211. The number of amides is 2. The molecule has 2 amide bonds. The number of nitrogens with one attached hydrogen (secondary N) is 2. The Kier molecular flexibility index (Phi) is 4.75. The van der Waals surface area contributed by atoms with Crippen LogP contribution in [0.5, 0.6) is 0 Å². The average Bonchev–Trinajstić information content (AvgIpc) is 2.65. The van der Waals surface area contributed by atoms with E-state index in [0.717, 1.165) is 5.56 Å². The monoisotopic (exact) mass is 333 g/mol. The number of pyridine rings is 1. The summed E-state index contributed by atoms with van der Waals surface area (Å²) in [6, 6.07) is 10.5. The molecule has 7 nitrogen and oxygen atoms in total. The number of rotatable bonds is 4. The Labute approximate surface area is 144 Å². The molecular formula is C18H15N5O2. The van der Waals surface area contributed by atoms with E-state index < -0.39 is 0 Å². The van der Waals surface area contributed by atoms with Gasteiger partial charge in [0.2, 0.25) is 0 Å². The second-order valence-corrected chi connectivity index (χ2v) is 5.25. The van der Waals surface area contributed by atoms with Crippen molar-refractivity contribution in [2.24, 2.45) is 0 Å². The summed E-state index contributed by atoms with van der Waals surface area (Å²) in [6.07, 6.45) is 5.81. The highest BCUT2D eigenvalue weighted by atomic mass is 16.2. The number of hydrogen-bond acceptors (Lipinski definition) is 5. The lowest BCUT2D eigenvalue weighted by Gasteiger charge is -2.10. The van der Waals surface area contributed by atoms with E-state index >= 15 is 0 Å². The first-order chi connectivity index (χ1) is 12.1. The van der Waals surface area contributed by atoms with Crippen LogP contribution in [0.1, 0.15) is 26.4 Å². The second-order valence-electron chi connectivity index (χ2n) is 5.25. The maximum atomic E-state index is 12.1. The van der Waals surface area contributed by atoms with Crippen LogP contribution in [0.2, 0.25) is 0 Å². The van der Waals surface area contributed by atoms with Crippen LogP contribution in [0.4, 0.5) is 11.5 Å². The first-order valence-corrected chi connectivity index (χ1v) is 7.54. The fourth-order valence-corrected chi connectivity index (χ4v) is 2.14. The van der Waals surface area contributed by atoms with Gasteiger partial charge in [-0.05, 0) is 30.7 Å². The molecular weight excluding hydrogens is 318 g/mol. The highest BCUT2D eigenvalue weighted by molar-refractivity contribution is 6.04. The summed E-state index contributed by atoms with van der Waals surface area (Å²) in [5, 5.41) is 5.45. The number of anilines is 2. The fourth-order valence-electron chi connectivity index (χ4n) is 2.14. The van der Waals surface area contributed by atoms with Crippen LogP contribution in [-0.2, 0) is 0 Å². The van der Waals surface area contributed by atoms with Gasteiger partial charge < -0.3 is 10.6 Å². The van der Waals surface area contributed by atoms with E-state index in [2.05, 4.69) is 25.6 Å². The summed E-state index contributed by atoms with van der Waals surface area (Å²) in [4.78, 5) is 36.2. The van der Waals surface area contributed by atoms with Crippen molar-refractivity contribution in [3.63, 3.8) is 0 Å². The van der Waals surface area contributed by atoms with Crippen molar-refractivity contribution in [1.82, 2.24) is 15.0 Å². The largest absolute Gasteiger partial charge is 0.319 e. The van der Waals surface area contributed by atoms with Crippen LogP contribution >= 0.6 is 0 Å². The molecule has 0 atom stereocenters. The quantitative estimate of drug-likeness (QED) is 0.765. The van der Waals surface area contributed by atoms with Crippen molar-refractivity contribution in [2.75, 3.05) is 10.6 Å². The van der Waals surface area contributed by atoms with Crippen molar-refractivity contribution in [3.8, 4) is 0 Å². The number of carbonyl (C=O) groups is 2. The molecule has 2 aromatic heterocycles. The lowest BCUT2D eigenvalue weighted by atomic mass is 10.2. The molecule has 0 unspecified atom stereocenters. The SMILES string of the molecule is Cc1cc(NC(=O)c2ccccc2)ncc1NC(=O)c1cnccn1. The molecule has 0 spiro atoms. The minimum Gasteiger partial charge on any atom is -0.319 e. The molecule has 0 aliphatic heterocycles. The van der Waals surface area contributed by atoms with Gasteiger partial charge >= 0.3 is 0 Å². The zero-order valence-corrected chi connectivity index (χ0v) is 13.4. The molecule has 2 N–H and O–H groups in total. The molecule has 0 fully saturated rings. The van der Waals surface area contributed by atoms with Crippen LogP contribution in [0, 0.1) is 6.92 Å². The Hall–Kier alpha value is -3.61. The van der Waals surface area contributed by atoms with Gasteiger partial charge in [-0.25, -0.2) is 9.97 Å². The van der Waals surface area contributed by atoms with Gasteiger partial charge in [0.25, 0.3) is 11.8 Å². The van der Waals surface area contributed by atoms with E-state index in [1.807, 2.05) is 13.0 Å². The zero-order valence-electron chi connectivity index (χ0n) is 13.4. The molecule has 0 saturated carbocycles. The summed E-state index contributed by atoms with van der Waals surface area (Å²) in [7, 11) is 0. The van der Waals surface area contributed by atoms with Crippen LogP contribution in [0.25, 0.3) is 0 Å².